The molecule has 1 amide bonds. The highest BCUT2D eigenvalue weighted by Crippen LogP contribution is 2.24. The molecule has 1 atom stereocenters. The lowest BCUT2D eigenvalue weighted by Gasteiger charge is -2.10. The van der Waals surface area contributed by atoms with Crippen LogP contribution >= 0.6 is 11.3 Å². The number of oxime groups is 1. The fraction of sp³-hybridized carbons (Fsp3) is 0.364. The largest absolute Gasteiger partial charge is 0.389 e. The lowest BCUT2D eigenvalue weighted by Crippen LogP contribution is -2.25. The van der Waals surface area contributed by atoms with Crippen LogP contribution < -0.4 is 5.32 Å². The first kappa shape index (κ1) is 24.2. The number of sulfone groups is 1. The van der Waals surface area contributed by atoms with Crippen LogP contribution in [0.25, 0.3) is 10.3 Å². The Hall–Kier alpha value is -2.93. The summed E-state index contributed by atoms with van der Waals surface area (Å²) >= 11 is 1.24. The van der Waals surface area contributed by atoms with E-state index >= 15 is 0 Å². The predicted molar refractivity (Wildman–Crippen MR) is 128 cm³/mol. The average Bonchev–Trinajstić information content (AvgIpc) is 3.49. The number of pyridine rings is 1. The number of hydrogen-bond donors (Lipinski definition) is 1. The fourth-order valence-electron chi connectivity index (χ4n) is 3.26. The van der Waals surface area contributed by atoms with E-state index in [-0.39, 0.29) is 22.5 Å². The molecule has 3 heterocycles. The third kappa shape index (κ3) is 5.95. The van der Waals surface area contributed by atoms with E-state index in [0.717, 1.165) is 0 Å². The van der Waals surface area contributed by atoms with Gasteiger partial charge in [0.15, 0.2) is 26.8 Å². The molecule has 0 spiro atoms. The molecule has 12 heteroatoms. The van der Waals surface area contributed by atoms with Gasteiger partial charge in [0, 0.05) is 31.9 Å². The van der Waals surface area contributed by atoms with Crippen molar-refractivity contribution in [2.24, 2.45) is 5.16 Å². The lowest BCUT2D eigenvalue weighted by molar-refractivity contribution is -0.110. The molecule has 1 saturated heterocycles. The molecule has 1 N–H and O–H groups in total. The van der Waals surface area contributed by atoms with Gasteiger partial charge in [0.25, 0.3) is 5.91 Å². The zero-order valence-corrected chi connectivity index (χ0v) is 20.1. The van der Waals surface area contributed by atoms with E-state index < -0.39 is 15.7 Å². The van der Waals surface area contributed by atoms with Gasteiger partial charge in [-0.25, -0.2) is 18.4 Å². The van der Waals surface area contributed by atoms with Crippen molar-refractivity contribution in [1.82, 2.24) is 9.97 Å². The summed E-state index contributed by atoms with van der Waals surface area (Å²) in [5.74, 6) is -0.563. The van der Waals surface area contributed by atoms with Crippen LogP contribution in [0, 0.1) is 0 Å². The molecule has 0 bridgehead atoms. The summed E-state index contributed by atoms with van der Waals surface area (Å²) < 4.78 is 35.3. The second-order valence-corrected chi connectivity index (χ2v) is 10.6. The molecule has 0 aliphatic carbocycles. The van der Waals surface area contributed by atoms with Crippen LogP contribution in [-0.2, 0) is 28.9 Å². The number of carbonyl (C=O) groups is 1. The van der Waals surface area contributed by atoms with Crippen molar-refractivity contribution in [2.75, 3.05) is 38.0 Å². The SMILES string of the molecule is COCCCS(=O)(=O)c1ccc(/C(=N\O[C@@H]2CCOC2)C(=O)Nc2nc3cccnc3s2)cc1. The number of thiazole rings is 1. The van der Waals surface area contributed by atoms with E-state index in [1.54, 1.807) is 18.3 Å². The predicted octanol–water partition coefficient (Wildman–Crippen LogP) is 2.65. The molecule has 2 aromatic heterocycles. The Balaban J connectivity index is 1.56. The molecule has 10 nitrogen and oxygen atoms in total. The van der Waals surface area contributed by atoms with E-state index in [0.29, 0.717) is 53.7 Å². The minimum Gasteiger partial charge on any atom is -0.389 e. The maximum atomic E-state index is 13.1. The molecule has 1 fully saturated rings. The monoisotopic (exact) mass is 504 g/mol. The van der Waals surface area contributed by atoms with Crippen molar-refractivity contribution in [3.8, 4) is 0 Å². The van der Waals surface area contributed by atoms with Gasteiger partial charge in [-0.3, -0.25) is 10.1 Å². The Bertz CT molecular complexity index is 1240. The summed E-state index contributed by atoms with van der Waals surface area (Å²) in [7, 11) is -1.94. The summed E-state index contributed by atoms with van der Waals surface area (Å²) in [6.07, 6.45) is 2.46. The number of anilines is 1. The van der Waals surface area contributed by atoms with Crippen molar-refractivity contribution in [2.45, 2.75) is 23.8 Å². The maximum absolute atomic E-state index is 13.1. The first-order chi connectivity index (χ1) is 16.5. The van der Waals surface area contributed by atoms with Crippen molar-refractivity contribution in [3.63, 3.8) is 0 Å². The first-order valence-corrected chi connectivity index (χ1v) is 13.1. The van der Waals surface area contributed by atoms with E-state index in [1.807, 2.05) is 0 Å². The van der Waals surface area contributed by atoms with Crippen LogP contribution in [0.1, 0.15) is 18.4 Å². The highest BCUT2D eigenvalue weighted by Gasteiger charge is 2.22. The number of methoxy groups -OCH3 is 1. The molecule has 1 aliphatic rings. The van der Waals surface area contributed by atoms with Crippen LogP contribution in [0.4, 0.5) is 5.13 Å². The summed E-state index contributed by atoms with van der Waals surface area (Å²) in [6, 6.07) is 9.56. The summed E-state index contributed by atoms with van der Waals surface area (Å²) in [5, 5.41) is 7.21. The van der Waals surface area contributed by atoms with Crippen molar-refractivity contribution in [1.29, 1.82) is 0 Å². The van der Waals surface area contributed by atoms with Gasteiger partial charge >= 0.3 is 0 Å². The number of fused-ring (bicyclic) bond motifs is 1. The molecule has 3 aromatic rings. The minimum absolute atomic E-state index is 0.00227. The Morgan fingerprint density at radius 3 is 2.82 bits per heavy atom. The standard InChI is InChI=1S/C22H24N4O6S2/c1-30-11-3-13-34(28,29)17-7-5-15(6-8-17)19(26-32-16-9-12-31-14-16)20(27)25-22-24-18-4-2-10-23-21(18)33-22/h2,4-8,10,16H,3,9,11-14H2,1H3,(H,24,25,27)/b26-19+/t16-/m1/s1. The van der Waals surface area contributed by atoms with Crippen LogP contribution in [0.15, 0.2) is 52.6 Å². The summed E-state index contributed by atoms with van der Waals surface area (Å²) in [5.41, 5.74) is 1.08. The van der Waals surface area contributed by atoms with Gasteiger partial charge in [-0.05, 0) is 30.7 Å². The van der Waals surface area contributed by atoms with E-state index in [9.17, 15) is 13.2 Å². The zero-order valence-electron chi connectivity index (χ0n) is 18.5. The molecule has 34 heavy (non-hydrogen) atoms. The molecule has 1 aliphatic heterocycles. The lowest BCUT2D eigenvalue weighted by atomic mass is 10.1. The van der Waals surface area contributed by atoms with E-state index in [1.165, 1.54) is 42.7 Å². The smallest absolute Gasteiger partial charge is 0.280 e. The fourth-order valence-corrected chi connectivity index (χ4v) is 5.35. The molecule has 0 saturated carbocycles. The Morgan fingerprint density at radius 2 is 2.12 bits per heavy atom. The number of hydrogen-bond acceptors (Lipinski definition) is 10. The van der Waals surface area contributed by atoms with Crippen molar-refractivity contribution >= 4 is 48.3 Å². The molecule has 1 aromatic carbocycles. The molecular formula is C22H24N4O6S2. The highest BCUT2D eigenvalue weighted by atomic mass is 32.2. The van der Waals surface area contributed by atoms with Gasteiger partial charge in [-0.15, -0.1) is 0 Å². The number of ether oxygens (including phenoxy) is 2. The number of rotatable bonds is 10. The molecular weight excluding hydrogens is 480 g/mol. The molecule has 180 valence electrons. The Morgan fingerprint density at radius 1 is 1.29 bits per heavy atom. The number of nitrogens with zero attached hydrogens (tertiary/aromatic N) is 3. The van der Waals surface area contributed by atoms with Gasteiger partial charge in [-0.2, -0.15) is 0 Å². The number of aromatic nitrogens is 2. The average molecular weight is 505 g/mol. The molecule has 4 rings (SSSR count). The van der Waals surface area contributed by atoms with Crippen LogP contribution in [0.3, 0.4) is 0 Å². The summed E-state index contributed by atoms with van der Waals surface area (Å²) in [6.45, 7) is 1.31. The molecule has 0 unspecified atom stereocenters. The van der Waals surface area contributed by atoms with Crippen LogP contribution in [-0.4, -0.2) is 68.8 Å². The van der Waals surface area contributed by atoms with Crippen LogP contribution in [0.5, 0.6) is 0 Å². The maximum Gasteiger partial charge on any atom is 0.280 e. The van der Waals surface area contributed by atoms with Gasteiger partial charge < -0.3 is 14.3 Å². The van der Waals surface area contributed by atoms with Gasteiger partial charge in [-0.1, -0.05) is 28.6 Å². The highest BCUT2D eigenvalue weighted by molar-refractivity contribution is 7.91. The quantitative estimate of drug-likeness (QED) is 0.253. The second kappa shape index (κ2) is 11.0. The minimum atomic E-state index is -3.47. The third-order valence-electron chi connectivity index (χ3n) is 5.03. The summed E-state index contributed by atoms with van der Waals surface area (Å²) in [4.78, 5) is 28.1. The van der Waals surface area contributed by atoms with E-state index in [2.05, 4.69) is 20.4 Å². The van der Waals surface area contributed by atoms with E-state index in [4.69, 9.17) is 14.3 Å². The number of benzene rings is 1. The Kier molecular flexibility index (Phi) is 7.83. The van der Waals surface area contributed by atoms with Crippen LogP contribution in [0.2, 0.25) is 0 Å². The normalized spacial score (nSPS) is 16.6. The topological polar surface area (TPSA) is 129 Å². The van der Waals surface area contributed by atoms with Crippen molar-refractivity contribution < 1.29 is 27.5 Å². The number of carbonyl (C=O) groups excluding carboxylic acids is 1. The molecule has 0 radical (unpaired) electrons. The van der Waals surface area contributed by atoms with Crippen molar-refractivity contribution in [3.05, 3.63) is 48.2 Å². The number of nitrogens with one attached hydrogen (secondary N) is 1. The second-order valence-electron chi connectivity index (χ2n) is 7.52. The van der Waals surface area contributed by atoms with Gasteiger partial charge in [0.2, 0.25) is 0 Å². The number of amides is 1. The van der Waals surface area contributed by atoms with Gasteiger partial charge in [0.1, 0.15) is 10.3 Å². The first-order valence-electron chi connectivity index (χ1n) is 10.6. The van der Waals surface area contributed by atoms with Gasteiger partial charge in [0.05, 0.1) is 23.9 Å². The zero-order chi connectivity index (χ0) is 24.0. The third-order valence-corrected chi connectivity index (χ3v) is 7.74. The Labute approximate surface area is 200 Å².